The van der Waals surface area contributed by atoms with Gasteiger partial charge in [0.15, 0.2) is 0 Å². The lowest BCUT2D eigenvalue weighted by Crippen LogP contribution is -2.12. The van der Waals surface area contributed by atoms with Gasteiger partial charge in [-0.1, -0.05) is 6.92 Å². The molecule has 6 heteroatoms. The first kappa shape index (κ1) is 15.3. The molecule has 0 fully saturated rings. The van der Waals surface area contributed by atoms with Crippen molar-refractivity contribution in [3.8, 4) is 0 Å². The van der Waals surface area contributed by atoms with E-state index in [0.29, 0.717) is 30.2 Å². The third-order valence-corrected chi connectivity index (χ3v) is 4.08. The van der Waals surface area contributed by atoms with Crippen LogP contribution >= 0.6 is 11.3 Å². The van der Waals surface area contributed by atoms with Crippen LogP contribution in [0.4, 0.5) is 11.5 Å². The summed E-state index contributed by atoms with van der Waals surface area (Å²) in [7, 11) is 0. The number of aromatic nitrogens is 1. The van der Waals surface area contributed by atoms with E-state index >= 15 is 0 Å². The third kappa shape index (κ3) is 3.52. The number of ether oxygens (including phenoxy) is 1. The van der Waals surface area contributed by atoms with Gasteiger partial charge in [-0.15, -0.1) is 11.3 Å². The summed E-state index contributed by atoms with van der Waals surface area (Å²) >= 11 is 1.70. The number of hydrogen-bond donors (Lipinski definition) is 2. The van der Waals surface area contributed by atoms with E-state index in [1.165, 1.54) is 10.4 Å². The van der Waals surface area contributed by atoms with Crippen molar-refractivity contribution in [2.24, 2.45) is 0 Å². The van der Waals surface area contributed by atoms with E-state index in [2.05, 4.69) is 28.7 Å². The van der Waals surface area contributed by atoms with Crippen molar-refractivity contribution in [1.82, 2.24) is 4.98 Å². The van der Waals surface area contributed by atoms with Crippen molar-refractivity contribution >= 4 is 28.8 Å². The maximum atomic E-state index is 11.8. The van der Waals surface area contributed by atoms with Crippen LogP contribution in [-0.2, 0) is 17.7 Å². The van der Waals surface area contributed by atoms with Gasteiger partial charge in [-0.2, -0.15) is 0 Å². The largest absolute Gasteiger partial charge is 0.462 e. The minimum absolute atomic E-state index is 0.318. The van der Waals surface area contributed by atoms with Gasteiger partial charge in [0.2, 0.25) is 0 Å². The quantitative estimate of drug-likeness (QED) is 0.802. The molecule has 0 aliphatic carbocycles. The van der Waals surface area contributed by atoms with Crippen LogP contribution in [0.1, 0.15) is 34.6 Å². The van der Waals surface area contributed by atoms with E-state index in [0.717, 1.165) is 6.42 Å². The van der Waals surface area contributed by atoms with Crippen molar-refractivity contribution in [2.75, 3.05) is 17.7 Å². The highest BCUT2D eigenvalue weighted by atomic mass is 32.1. The number of nitrogen functional groups attached to an aromatic ring is 1. The molecule has 0 spiro atoms. The molecule has 0 saturated heterocycles. The Bertz CT molecular complexity index is 625. The summed E-state index contributed by atoms with van der Waals surface area (Å²) in [4.78, 5) is 17.2. The second-order valence-corrected chi connectivity index (χ2v) is 5.42. The van der Waals surface area contributed by atoms with E-state index in [1.807, 2.05) is 0 Å². The van der Waals surface area contributed by atoms with Crippen molar-refractivity contribution < 1.29 is 9.53 Å². The zero-order valence-corrected chi connectivity index (χ0v) is 13.0. The third-order valence-electron chi connectivity index (χ3n) is 3.12. The average molecular weight is 305 g/mol. The van der Waals surface area contributed by atoms with E-state index in [4.69, 9.17) is 10.5 Å². The Labute approximate surface area is 128 Å². The molecular formula is C15H19N3O2S. The first-order valence-electron chi connectivity index (χ1n) is 6.88. The van der Waals surface area contributed by atoms with Crippen molar-refractivity contribution in [1.29, 1.82) is 0 Å². The van der Waals surface area contributed by atoms with Gasteiger partial charge in [0.1, 0.15) is 5.82 Å². The molecule has 2 aromatic rings. The van der Waals surface area contributed by atoms with E-state index in [9.17, 15) is 4.79 Å². The van der Waals surface area contributed by atoms with Crippen LogP contribution < -0.4 is 11.1 Å². The Morgan fingerprint density at radius 3 is 2.95 bits per heavy atom. The number of pyridine rings is 1. The number of carbonyl (C=O) groups is 1. The SMILES string of the molecule is CCOC(=O)c1ccnc(NCc2sccc2CC)c1N. The van der Waals surface area contributed by atoms with Gasteiger partial charge >= 0.3 is 5.97 Å². The molecule has 21 heavy (non-hydrogen) atoms. The Hall–Kier alpha value is -2.08. The monoisotopic (exact) mass is 305 g/mol. The number of carbonyl (C=O) groups excluding carboxylic acids is 1. The lowest BCUT2D eigenvalue weighted by molar-refractivity contribution is 0.0527. The van der Waals surface area contributed by atoms with Crippen LogP contribution in [-0.4, -0.2) is 17.6 Å². The molecule has 5 nitrogen and oxygen atoms in total. The van der Waals surface area contributed by atoms with Crippen LogP contribution in [0.3, 0.4) is 0 Å². The van der Waals surface area contributed by atoms with Gasteiger partial charge in [-0.05, 0) is 36.4 Å². The Balaban J connectivity index is 2.14. The molecule has 0 atom stereocenters. The van der Waals surface area contributed by atoms with E-state index in [1.54, 1.807) is 30.5 Å². The molecule has 0 radical (unpaired) electrons. The van der Waals surface area contributed by atoms with Crippen LogP contribution in [0, 0.1) is 0 Å². The number of anilines is 2. The van der Waals surface area contributed by atoms with Crippen LogP contribution in [0.15, 0.2) is 23.7 Å². The highest BCUT2D eigenvalue weighted by molar-refractivity contribution is 7.10. The smallest absolute Gasteiger partial charge is 0.340 e. The topological polar surface area (TPSA) is 77.2 Å². The van der Waals surface area contributed by atoms with Crippen molar-refractivity contribution in [3.63, 3.8) is 0 Å². The molecule has 3 N–H and O–H groups in total. The number of rotatable bonds is 6. The number of nitrogens with zero attached hydrogens (tertiary/aromatic N) is 1. The fraction of sp³-hybridized carbons (Fsp3) is 0.333. The van der Waals surface area contributed by atoms with Crippen LogP contribution in [0.5, 0.6) is 0 Å². The number of aryl methyl sites for hydroxylation is 1. The fourth-order valence-electron chi connectivity index (χ4n) is 2.00. The Kier molecular flexibility index (Phi) is 5.16. The first-order valence-corrected chi connectivity index (χ1v) is 7.76. The van der Waals surface area contributed by atoms with Crippen LogP contribution in [0.2, 0.25) is 0 Å². The van der Waals surface area contributed by atoms with E-state index < -0.39 is 5.97 Å². The Morgan fingerprint density at radius 2 is 2.24 bits per heavy atom. The molecule has 0 saturated carbocycles. The molecular weight excluding hydrogens is 286 g/mol. The molecule has 2 aromatic heterocycles. The summed E-state index contributed by atoms with van der Waals surface area (Å²) in [6, 6.07) is 3.69. The summed E-state index contributed by atoms with van der Waals surface area (Å²) < 4.78 is 4.98. The molecule has 0 aliphatic rings. The average Bonchev–Trinajstić information content (AvgIpc) is 2.94. The van der Waals surface area contributed by atoms with Gasteiger partial charge in [-0.3, -0.25) is 0 Å². The minimum Gasteiger partial charge on any atom is -0.462 e. The number of esters is 1. The summed E-state index contributed by atoms with van der Waals surface area (Å²) in [5.74, 6) is 0.0850. The van der Waals surface area contributed by atoms with Gasteiger partial charge in [0, 0.05) is 11.1 Å². The second-order valence-electron chi connectivity index (χ2n) is 4.42. The van der Waals surface area contributed by atoms with Crippen molar-refractivity contribution in [3.05, 3.63) is 39.7 Å². The number of nitrogens with two attached hydrogens (primary N) is 1. The standard InChI is InChI=1S/C15H19N3O2S/c1-3-10-6-8-21-12(10)9-18-14-13(16)11(5-7-17-14)15(19)20-4-2/h5-8H,3-4,9,16H2,1-2H3,(H,17,18). The number of thiophene rings is 1. The maximum absolute atomic E-state index is 11.8. The second kappa shape index (κ2) is 7.08. The van der Waals surface area contributed by atoms with Gasteiger partial charge < -0.3 is 15.8 Å². The molecule has 0 bridgehead atoms. The Morgan fingerprint density at radius 1 is 1.43 bits per heavy atom. The van der Waals surface area contributed by atoms with Crippen molar-refractivity contribution in [2.45, 2.75) is 26.8 Å². The van der Waals surface area contributed by atoms with E-state index in [-0.39, 0.29) is 0 Å². The normalized spacial score (nSPS) is 10.4. The summed E-state index contributed by atoms with van der Waals surface area (Å²) in [5.41, 5.74) is 7.98. The zero-order valence-electron chi connectivity index (χ0n) is 12.2. The summed E-state index contributed by atoms with van der Waals surface area (Å²) in [6.07, 6.45) is 2.55. The maximum Gasteiger partial charge on any atom is 0.340 e. The predicted molar refractivity (Wildman–Crippen MR) is 85.6 cm³/mol. The number of hydrogen-bond acceptors (Lipinski definition) is 6. The molecule has 112 valence electrons. The fourth-order valence-corrected chi connectivity index (χ4v) is 2.92. The highest BCUT2D eigenvalue weighted by Crippen LogP contribution is 2.23. The molecule has 0 aromatic carbocycles. The predicted octanol–water partition coefficient (Wildman–Crippen LogP) is 3.08. The molecule has 2 rings (SSSR count). The lowest BCUT2D eigenvalue weighted by Gasteiger charge is -2.11. The number of nitrogens with one attached hydrogen (secondary N) is 1. The molecule has 0 aliphatic heterocycles. The summed E-state index contributed by atoms with van der Waals surface area (Å²) in [6.45, 7) is 4.85. The summed E-state index contributed by atoms with van der Waals surface area (Å²) in [5, 5.41) is 5.27. The molecule has 0 unspecified atom stereocenters. The minimum atomic E-state index is -0.425. The van der Waals surface area contributed by atoms with Crippen LogP contribution in [0.25, 0.3) is 0 Å². The molecule has 2 heterocycles. The first-order chi connectivity index (χ1) is 10.2. The van der Waals surface area contributed by atoms with Gasteiger partial charge in [-0.25, -0.2) is 9.78 Å². The van der Waals surface area contributed by atoms with Gasteiger partial charge in [0.25, 0.3) is 0 Å². The van der Waals surface area contributed by atoms with Gasteiger partial charge in [0.05, 0.1) is 24.4 Å². The zero-order chi connectivity index (χ0) is 15.2. The highest BCUT2D eigenvalue weighted by Gasteiger charge is 2.14. The molecule has 0 amide bonds. The lowest BCUT2D eigenvalue weighted by atomic mass is 10.2.